The molecule has 6 nitrogen and oxygen atoms in total. The number of urea groups is 1. The summed E-state index contributed by atoms with van der Waals surface area (Å²) in [7, 11) is 0. The number of hydrogen-bond donors (Lipinski definition) is 2. The number of nitrogens with one attached hydrogen (secondary N) is 1. The summed E-state index contributed by atoms with van der Waals surface area (Å²) < 4.78 is 0. The van der Waals surface area contributed by atoms with Crippen LogP contribution in [0.2, 0.25) is 0 Å². The number of unbranched alkanes of at least 4 members (excludes halogenated alkanes) is 1. The second-order valence-corrected chi connectivity index (χ2v) is 7.99. The Morgan fingerprint density at radius 3 is 2.58 bits per heavy atom. The molecule has 6 heteroatoms. The van der Waals surface area contributed by atoms with E-state index in [0.29, 0.717) is 12.2 Å². The minimum Gasteiger partial charge on any atom is -0.394 e. The molecule has 3 amide bonds. The predicted octanol–water partition coefficient (Wildman–Crippen LogP) is 3.04. The van der Waals surface area contributed by atoms with Gasteiger partial charge in [0.2, 0.25) is 5.91 Å². The highest BCUT2D eigenvalue weighted by atomic mass is 16.3. The SMILES string of the molecule is CCCC#Cc1ccc([C@@H]2[C@H](CO)N3C(=O)CN(C(=O)Nc4ccccc4)C[C@@H]23)cc1. The van der Waals surface area contributed by atoms with Crippen molar-refractivity contribution in [2.75, 3.05) is 25.0 Å². The fourth-order valence-corrected chi connectivity index (χ4v) is 4.46. The Kier molecular flexibility index (Phi) is 6.24. The van der Waals surface area contributed by atoms with Crippen LogP contribution in [0.5, 0.6) is 0 Å². The average molecular weight is 418 g/mol. The molecule has 2 aromatic carbocycles. The quantitative estimate of drug-likeness (QED) is 0.751. The molecule has 2 aromatic rings. The molecule has 0 bridgehead atoms. The van der Waals surface area contributed by atoms with Crippen LogP contribution in [0.3, 0.4) is 0 Å². The van der Waals surface area contributed by atoms with Crippen LogP contribution < -0.4 is 5.32 Å². The summed E-state index contributed by atoms with van der Waals surface area (Å²) in [5.74, 6) is 6.16. The van der Waals surface area contributed by atoms with Crippen LogP contribution in [0, 0.1) is 11.8 Å². The van der Waals surface area contributed by atoms with Gasteiger partial charge in [0.15, 0.2) is 0 Å². The lowest BCUT2D eigenvalue weighted by molar-refractivity contribution is -0.159. The van der Waals surface area contributed by atoms with Crippen molar-refractivity contribution in [3.05, 3.63) is 65.7 Å². The number of carbonyl (C=O) groups excluding carboxylic acids is 2. The number of para-hydroxylation sites is 1. The van der Waals surface area contributed by atoms with Crippen LogP contribution in [0.25, 0.3) is 0 Å². The number of rotatable bonds is 4. The molecule has 0 unspecified atom stereocenters. The highest BCUT2D eigenvalue weighted by Gasteiger charge is 2.54. The zero-order valence-electron chi connectivity index (χ0n) is 17.6. The fourth-order valence-electron chi connectivity index (χ4n) is 4.46. The van der Waals surface area contributed by atoms with E-state index in [-0.39, 0.29) is 43.1 Å². The number of nitrogens with zero attached hydrogens (tertiary/aromatic N) is 2. The van der Waals surface area contributed by atoms with Gasteiger partial charge in [0.25, 0.3) is 0 Å². The normalized spacial score (nSPS) is 22.1. The highest BCUT2D eigenvalue weighted by Crippen LogP contribution is 2.42. The second kappa shape index (κ2) is 9.23. The number of carbonyl (C=O) groups is 2. The van der Waals surface area contributed by atoms with E-state index in [2.05, 4.69) is 24.1 Å². The van der Waals surface area contributed by atoms with Gasteiger partial charge in [-0.25, -0.2) is 4.79 Å². The maximum Gasteiger partial charge on any atom is 0.322 e. The summed E-state index contributed by atoms with van der Waals surface area (Å²) in [6.45, 7) is 2.46. The Labute approximate surface area is 182 Å². The van der Waals surface area contributed by atoms with Gasteiger partial charge in [0.05, 0.1) is 18.7 Å². The van der Waals surface area contributed by atoms with Gasteiger partial charge in [0.1, 0.15) is 6.54 Å². The number of hydrogen-bond acceptors (Lipinski definition) is 3. The van der Waals surface area contributed by atoms with Crippen molar-refractivity contribution in [1.29, 1.82) is 0 Å². The molecule has 2 aliphatic rings. The molecule has 0 saturated carbocycles. The third-order valence-corrected chi connectivity index (χ3v) is 5.97. The minimum absolute atomic E-state index is 0.0149. The lowest BCUT2D eigenvalue weighted by atomic mass is 9.73. The van der Waals surface area contributed by atoms with E-state index in [0.717, 1.165) is 24.0 Å². The van der Waals surface area contributed by atoms with Crippen molar-refractivity contribution in [1.82, 2.24) is 9.80 Å². The first kappa shape index (κ1) is 21.0. The van der Waals surface area contributed by atoms with Crippen LogP contribution in [-0.4, -0.2) is 58.6 Å². The molecule has 0 aromatic heterocycles. The summed E-state index contributed by atoms with van der Waals surface area (Å²) in [6.07, 6.45) is 1.90. The Morgan fingerprint density at radius 1 is 1.16 bits per heavy atom. The summed E-state index contributed by atoms with van der Waals surface area (Å²) in [5.41, 5.74) is 2.71. The number of benzene rings is 2. The van der Waals surface area contributed by atoms with Crippen molar-refractivity contribution < 1.29 is 14.7 Å². The van der Waals surface area contributed by atoms with Gasteiger partial charge in [-0.2, -0.15) is 0 Å². The summed E-state index contributed by atoms with van der Waals surface area (Å²) in [4.78, 5) is 28.8. The van der Waals surface area contributed by atoms with E-state index < -0.39 is 0 Å². The van der Waals surface area contributed by atoms with E-state index in [1.807, 2.05) is 54.6 Å². The Bertz CT molecular complexity index is 994. The largest absolute Gasteiger partial charge is 0.394 e. The van der Waals surface area contributed by atoms with E-state index in [1.165, 1.54) is 0 Å². The van der Waals surface area contributed by atoms with Crippen molar-refractivity contribution in [2.24, 2.45) is 0 Å². The number of fused-ring (bicyclic) bond motifs is 1. The number of aliphatic hydroxyl groups is 1. The zero-order valence-corrected chi connectivity index (χ0v) is 17.6. The van der Waals surface area contributed by atoms with E-state index in [4.69, 9.17) is 0 Å². The highest BCUT2D eigenvalue weighted by molar-refractivity contribution is 5.93. The molecule has 2 heterocycles. The average Bonchev–Trinajstić information content (AvgIpc) is 2.77. The molecule has 2 N–H and O–H groups in total. The van der Waals surface area contributed by atoms with Crippen LogP contribution in [0.4, 0.5) is 10.5 Å². The lowest BCUT2D eigenvalue weighted by Crippen LogP contribution is -2.73. The number of piperazine rings is 1. The van der Waals surface area contributed by atoms with Gasteiger partial charge in [0, 0.05) is 30.1 Å². The molecule has 0 radical (unpaired) electrons. The summed E-state index contributed by atoms with van der Waals surface area (Å²) in [5, 5.41) is 12.8. The summed E-state index contributed by atoms with van der Waals surface area (Å²) in [6, 6.07) is 16.5. The number of anilines is 1. The van der Waals surface area contributed by atoms with Gasteiger partial charge in [-0.15, -0.1) is 0 Å². The molecule has 2 saturated heterocycles. The predicted molar refractivity (Wildman–Crippen MR) is 120 cm³/mol. The monoisotopic (exact) mass is 417 g/mol. The first-order valence-corrected chi connectivity index (χ1v) is 10.7. The van der Waals surface area contributed by atoms with Crippen molar-refractivity contribution in [3.63, 3.8) is 0 Å². The minimum atomic E-state index is -0.285. The van der Waals surface area contributed by atoms with Gasteiger partial charge in [-0.3, -0.25) is 4.79 Å². The van der Waals surface area contributed by atoms with E-state index >= 15 is 0 Å². The topological polar surface area (TPSA) is 72.9 Å². The van der Waals surface area contributed by atoms with E-state index in [9.17, 15) is 14.7 Å². The molecule has 31 heavy (non-hydrogen) atoms. The zero-order chi connectivity index (χ0) is 21.8. The Balaban J connectivity index is 1.49. The summed E-state index contributed by atoms with van der Waals surface area (Å²) >= 11 is 0. The molecule has 160 valence electrons. The smallest absolute Gasteiger partial charge is 0.322 e. The number of aliphatic hydroxyl groups excluding tert-OH is 1. The second-order valence-electron chi connectivity index (χ2n) is 7.99. The van der Waals surface area contributed by atoms with Crippen LogP contribution in [-0.2, 0) is 4.79 Å². The molecule has 3 atom stereocenters. The Hall–Kier alpha value is -3.30. The van der Waals surface area contributed by atoms with Gasteiger partial charge in [-0.1, -0.05) is 49.1 Å². The standard InChI is InChI=1S/C25H27N3O3/c1-2-3-5-8-18-11-13-19(14-12-18)24-21-15-27(16-23(30)28(21)22(24)17-29)25(31)26-20-9-6-4-7-10-20/h4,6-7,9-14,21-22,24,29H,2-3,15-17H2,1H3,(H,26,31)/t21-,22-,24-/m0/s1. The first-order chi connectivity index (χ1) is 15.1. The van der Waals surface area contributed by atoms with E-state index in [1.54, 1.807) is 9.80 Å². The van der Waals surface area contributed by atoms with Crippen LogP contribution in [0.1, 0.15) is 36.8 Å². The first-order valence-electron chi connectivity index (χ1n) is 10.7. The molecule has 4 rings (SSSR count). The van der Waals surface area contributed by atoms with Crippen molar-refractivity contribution >= 4 is 17.6 Å². The van der Waals surface area contributed by atoms with Crippen LogP contribution >= 0.6 is 0 Å². The van der Waals surface area contributed by atoms with Gasteiger partial charge < -0.3 is 20.2 Å². The van der Waals surface area contributed by atoms with Crippen molar-refractivity contribution in [2.45, 2.75) is 37.8 Å². The molecular formula is C25H27N3O3. The lowest BCUT2D eigenvalue weighted by Gasteiger charge is -2.58. The number of amides is 3. The maximum atomic E-state index is 12.7. The molecule has 0 spiro atoms. The van der Waals surface area contributed by atoms with Gasteiger partial charge >= 0.3 is 6.03 Å². The molecule has 2 aliphatic heterocycles. The Morgan fingerprint density at radius 2 is 1.90 bits per heavy atom. The molecule has 2 fully saturated rings. The third-order valence-electron chi connectivity index (χ3n) is 5.97. The fraction of sp³-hybridized carbons (Fsp3) is 0.360. The molecule has 0 aliphatic carbocycles. The maximum absolute atomic E-state index is 12.7. The molecular weight excluding hydrogens is 390 g/mol. The third kappa shape index (κ3) is 4.28. The van der Waals surface area contributed by atoms with Crippen molar-refractivity contribution in [3.8, 4) is 11.8 Å². The van der Waals surface area contributed by atoms with Gasteiger partial charge in [-0.05, 0) is 36.2 Å². The van der Waals surface area contributed by atoms with Crippen LogP contribution in [0.15, 0.2) is 54.6 Å².